The molecule has 4 aromatic rings. The Hall–Kier alpha value is -5.32. The van der Waals surface area contributed by atoms with Crippen LogP contribution in [0.1, 0.15) is 39.8 Å². The summed E-state index contributed by atoms with van der Waals surface area (Å²) in [6.45, 7) is 0. The van der Waals surface area contributed by atoms with E-state index in [1.807, 2.05) is 0 Å². The predicted molar refractivity (Wildman–Crippen MR) is 169 cm³/mol. The molecule has 46 heavy (non-hydrogen) atoms. The molecule has 0 radical (unpaired) electrons. The van der Waals surface area contributed by atoms with Crippen molar-refractivity contribution < 1.29 is 42.1 Å². The largest absolute Gasteiger partial charge is 0.400 e. The normalized spacial score (nSPS) is 17.3. The molecule has 3 N–H and O–H groups in total. The number of ether oxygens (including phenoxy) is 1. The zero-order valence-corrected chi connectivity index (χ0v) is 25.1. The predicted octanol–water partition coefficient (Wildman–Crippen LogP) is 4.99. The fraction of sp³-hybridized carbons (Fsp3) is 0.235. The summed E-state index contributed by atoms with van der Waals surface area (Å²) in [6.07, 6.45) is 22.0. The number of halogens is 4. The summed E-state index contributed by atoms with van der Waals surface area (Å²) in [4.78, 5) is 27.3. The van der Waals surface area contributed by atoms with Crippen LogP contribution < -0.4 is 10.2 Å². The summed E-state index contributed by atoms with van der Waals surface area (Å²) in [5.41, 5.74) is 0.534. The average Bonchev–Trinajstić information content (AvgIpc) is 3.39. The molecule has 12 heteroatoms. The first-order chi connectivity index (χ1) is 22.1. The Morgan fingerprint density at radius 2 is 1.41 bits per heavy atom. The van der Waals surface area contributed by atoms with Crippen molar-refractivity contribution in [3.05, 3.63) is 64.7 Å². The zero-order valence-electron chi connectivity index (χ0n) is 25.1. The van der Waals surface area contributed by atoms with Gasteiger partial charge >= 0.3 is 0 Å². The summed E-state index contributed by atoms with van der Waals surface area (Å²) in [7, 11) is 3.92. The van der Waals surface area contributed by atoms with Crippen molar-refractivity contribution in [2.24, 2.45) is 0 Å². The molecule has 240 valence electrons. The number of terminal acetylenes is 3. The minimum Gasteiger partial charge on any atom is -0.400 e. The molecule has 0 aliphatic carbocycles. The SMILES string of the molecule is C#C.C#C.C#C.CNC(=O)c1c2cc3c(c1C=O)c1cc(F)c(F)cc1n3[C@H]1C[C@@H](O)C[C@H](O1)N(C)c1cc(F)c(F)cc1-2.CO. The second-order valence-electron chi connectivity index (χ2n) is 9.52. The van der Waals surface area contributed by atoms with Crippen LogP contribution in [-0.4, -0.2) is 60.5 Å². The Bertz CT molecular complexity index is 1820. The smallest absolute Gasteiger partial charge is 0.252 e. The molecule has 2 aliphatic heterocycles. The van der Waals surface area contributed by atoms with Gasteiger partial charge in [-0.3, -0.25) is 9.59 Å². The molecule has 1 amide bonds. The van der Waals surface area contributed by atoms with Crippen LogP contribution in [0.25, 0.3) is 32.9 Å². The molecule has 0 spiro atoms. The van der Waals surface area contributed by atoms with Crippen LogP contribution >= 0.6 is 0 Å². The number of carbonyl (C=O) groups excluding carboxylic acids is 2. The van der Waals surface area contributed by atoms with Crippen molar-refractivity contribution in [2.45, 2.75) is 31.4 Å². The number of benzene rings is 3. The summed E-state index contributed by atoms with van der Waals surface area (Å²) in [6, 6.07) is 5.29. The van der Waals surface area contributed by atoms with Crippen LogP contribution in [0.15, 0.2) is 30.3 Å². The van der Waals surface area contributed by atoms with Crippen molar-refractivity contribution in [3.8, 4) is 49.7 Å². The fourth-order valence-corrected chi connectivity index (χ4v) is 5.71. The lowest BCUT2D eigenvalue weighted by Crippen LogP contribution is -2.44. The van der Waals surface area contributed by atoms with E-state index in [4.69, 9.17) is 9.84 Å². The Morgan fingerprint density at radius 3 is 2.00 bits per heavy atom. The highest BCUT2D eigenvalue weighted by Crippen LogP contribution is 2.46. The Morgan fingerprint density at radius 1 is 0.870 bits per heavy atom. The molecular weight excluding hydrogens is 606 g/mol. The van der Waals surface area contributed by atoms with Gasteiger partial charge in [0.2, 0.25) is 0 Å². The van der Waals surface area contributed by atoms with Crippen LogP contribution in [0.4, 0.5) is 23.2 Å². The van der Waals surface area contributed by atoms with E-state index in [2.05, 4.69) is 43.9 Å². The number of hydrogen-bond acceptors (Lipinski definition) is 6. The number of anilines is 1. The number of aldehydes is 1. The number of rotatable bonds is 2. The molecule has 3 aromatic carbocycles. The third kappa shape index (κ3) is 6.13. The van der Waals surface area contributed by atoms with Gasteiger partial charge in [0.05, 0.1) is 22.7 Å². The summed E-state index contributed by atoms with van der Waals surface area (Å²) in [5, 5.41) is 20.5. The molecule has 3 heterocycles. The first kappa shape index (κ1) is 36.9. The van der Waals surface area contributed by atoms with Gasteiger partial charge < -0.3 is 29.7 Å². The van der Waals surface area contributed by atoms with Crippen LogP contribution in [-0.2, 0) is 4.74 Å². The van der Waals surface area contributed by atoms with Gasteiger partial charge in [0.25, 0.3) is 5.91 Å². The van der Waals surface area contributed by atoms with Gasteiger partial charge in [-0.2, -0.15) is 0 Å². The maximum absolute atomic E-state index is 14.7. The molecule has 2 aliphatic rings. The molecule has 1 aromatic heterocycles. The lowest BCUT2D eigenvalue weighted by atomic mass is 9.90. The number of aromatic nitrogens is 1. The number of fused-ring (bicyclic) bond motifs is 9. The van der Waals surface area contributed by atoms with Crippen LogP contribution in [0.5, 0.6) is 0 Å². The Balaban J connectivity index is 0.000000856. The summed E-state index contributed by atoms with van der Waals surface area (Å²) >= 11 is 0. The van der Waals surface area contributed by atoms with E-state index in [1.165, 1.54) is 18.0 Å². The molecule has 1 fully saturated rings. The molecule has 6 rings (SSSR count). The maximum Gasteiger partial charge on any atom is 0.252 e. The molecule has 4 bridgehead atoms. The third-order valence-corrected chi connectivity index (χ3v) is 7.43. The van der Waals surface area contributed by atoms with E-state index in [0.29, 0.717) is 6.29 Å². The zero-order chi connectivity index (χ0) is 35.0. The monoisotopic (exact) mass is 637 g/mol. The van der Waals surface area contributed by atoms with E-state index in [1.54, 1.807) is 11.6 Å². The number of nitrogens with zero attached hydrogens (tertiary/aromatic N) is 2. The van der Waals surface area contributed by atoms with Crippen molar-refractivity contribution in [3.63, 3.8) is 0 Å². The number of amides is 1. The van der Waals surface area contributed by atoms with Gasteiger partial charge in [-0.15, -0.1) is 38.5 Å². The molecule has 0 saturated carbocycles. The maximum atomic E-state index is 14.7. The van der Waals surface area contributed by atoms with Gasteiger partial charge in [-0.05, 0) is 23.8 Å². The first-order valence-electron chi connectivity index (χ1n) is 13.3. The molecule has 1 saturated heterocycles. The van der Waals surface area contributed by atoms with Gasteiger partial charge in [-0.1, -0.05) is 0 Å². The topological polar surface area (TPSA) is 104 Å². The third-order valence-electron chi connectivity index (χ3n) is 7.43. The number of carbonyl (C=O) groups is 2. The minimum atomic E-state index is -1.18. The highest BCUT2D eigenvalue weighted by molar-refractivity contribution is 6.22. The fourth-order valence-electron chi connectivity index (χ4n) is 5.71. The van der Waals surface area contributed by atoms with E-state index in [9.17, 15) is 32.3 Å². The number of hydrogen-bond donors (Lipinski definition) is 3. The van der Waals surface area contributed by atoms with Crippen LogP contribution in [0, 0.1) is 61.8 Å². The van der Waals surface area contributed by atoms with Gasteiger partial charge in [0, 0.05) is 73.8 Å². The molecule has 8 nitrogen and oxygen atoms in total. The summed E-state index contributed by atoms with van der Waals surface area (Å²) in [5.74, 6) is -5.31. The average molecular weight is 638 g/mol. The Labute approximate surface area is 263 Å². The van der Waals surface area contributed by atoms with Crippen molar-refractivity contribution in [1.29, 1.82) is 0 Å². The molecular formula is C34H31F4N3O5. The van der Waals surface area contributed by atoms with Crippen LogP contribution in [0.2, 0.25) is 0 Å². The van der Waals surface area contributed by atoms with Crippen molar-refractivity contribution >= 4 is 39.7 Å². The van der Waals surface area contributed by atoms with Gasteiger partial charge in [-0.25, -0.2) is 17.6 Å². The number of nitrogens with one attached hydrogen (secondary N) is 1. The van der Waals surface area contributed by atoms with Gasteiger partial charge in [0.15, 0.2) is 29.6 Å². The van der Waals surface area contributed by atoms with E-state index < -0.39 is 47.7 Å². The quantitative estimate of drug-likeness (QED) is 0.163. The van der Waals surface area contributed by atoms with Crippen molar-refractivity contribution in [1.82, 2.24) is 9.88 Å². The first-order valence-corrected chi connectivity index (χ1v) is 13.3. The van der Waals surface area contributed by atoms with Crippen molar-refractivity contribution in [2.75, 3.05) is 26.1 Å². The lowest BCUT2D eigenvalue weighted by Gasteiger charge is -2.41. The lowest BCUT2D eigenvalue weighted by molar-refractivity contribution is -0.124. The molecule has 0 unspecified atom stereocenters. The van der Waals surface area contributed by atoms with Crippen LogP contribution in [0.3, 0.4) is 0 Å². The summed E-state index contributed by atoms with van der Waals surface area (Å²) < 4.78 is 66.0. The minimum absolute atomic E-state index is 0.0792. The highest BCUT2D eigenvalue weighted by Gasteiger charge is 2.37. The van der Waals surface area contributed by atoms with E-state index >= 15 is 0 Å². The number of aliphatic hydroxyl groups excluding tert-OH is 2. The number of aliphatic hydroxyl groups is 2. The second-order valence-corrected chi connectivity index (χ2v) is 9.52. The molecule has 3 atom stereocenters. The Kier molecular flexibility index (Phi) is 12.5. The van der Waals surface area contributed by atoms with E-state index in [-0.39, 0.29) is 62.6 Å². The second kappa shape index (κ2) is 15.6. The standard InChI is InChI=1S/C27H21F4N3O4.3C2H2.CH4O/c1-32-27(37)26-13-7-22-25(15(26)10-35)14-6-17(29)19(31)9-21(14)34(22)24-4-11(36)3-23(38-24)33(2)20-8-18(30)16(28)5-12(13)20;4*1-2/h5-11,23-24,36H,3-4H2,1-2H3,(H,32,37);3*1-2H;2H,1H3/t11-,23-,24+;;;;/m0..../s1. The van der Waals surface area contributed by atoms with Gasteiger partial charge in [0.1, 0.15) is 12.5 Å². The highest BCUT2D eigenvalue weighted by atomic mass is 19.2. The van der Waals surface area contributed by atoms with E-state index in [0.717, 1.165) is 31.4 Å².